The number of carbonyl (C=O) groups is 2. The number of amides is 1. The maximum absolute atomic E-state index is 13.0. The molecule has 0 spiro atoms. The SMILES string of the molecule is Cc1cc(C)c([N+](=O)[O-])cc1C(=O)N1CCC(C(=O)O)(c2ccccc2)CC1. The fourth-order valence-electron chi connectivity index (χ4n) is 3.91. The van der Waals surface area contributed by atoms with Crippen LogP contribution in [0.4, 0.5) is 5.69 Å². The Balaban J connectivity index is 1.85. The molecule has 146 valence electrons. The van der Waals surface area contributed by atoms with Crippen molar-refractivity contribution in [1.29, 1.82) is 0 Å². The Morgan fingerprint density at radius 3 is 2.21 bits per heavy atom. The number of rotatable bonds is 4. The van der Waals surface area contributed by atoms with E-state index in [1.54, 1.807) is 36.9 Å². The Kier molecular flexibility index (Phi) is 5.18. The minimum absolute atomic E-state index is 0.0878. The first kappa shape index (κ1) is 19.5. The number of nitrogens with zero attached hydrogens (tertiary/aromatic N) is 2. The van der Waals surface area contributed by atoms with E-state index in [0.29, 0.717) is 29.5 Å². The predicted molar refractivity (Wildman–Crippen MR) is 103 cm³/mol. The summed E-state index contributed by atoms with van der Waals surface area (Å²) in [5, 5.41) is 21.1. The van der Waals surface area contributed by atoms with Crippen molar-refractivity contribution in [3.05, 3.63) is 74.8 Å². The number of aliphatic carboxylic acids is 1. The molecular weight excluding hydrogens is 360 g/mol. The molecule has 0 atom stereocenters. The van der Waals surface area contributed by atoms with Crippen molar-refractivity contribution >= 4 is 17.6 Å². The summed E-state index contributed by atoms with van der Waals surface area (Å²) >= 11 is 0. The monoisotopic (exact) mass is 382 g/mol. The minimum Gasteiger partial charge on any atom is -0.481 e. The van der Waals surface area contributed by atoms with Gasteiger partial charge in [0, 0.05) is 30.3 Å². The van der Waals surface area contributed by atoms with Gasteiger partial charge in [0.25, 0.3) is 11.6 Å². The third-order valence-corrected chi connectivity index (χ3v) is 5.61. The van der Waals surface area contributed by atoms with Crippen molar-refractivity contribution < 1.29 is 19.6 Å². The van der Waals surface area contributed by atoms with E-state index >= 15 is 0 Å². The van der Waals surface area contributed by atoms with E-state index < -0.39 is 16.3 Å². The van der Waals surface area contributed by atoms with Crippen LogP contribution in [-0.4, -0.2) is 39.9 Å². The highest BCUT2D eigenvalue weighted by Gasteiger charge is 2.44. The normalized spacial score (nSPS) is 15.9. The molecule has 1 aliphatic rings. The van der Waals surface area contributed by atoms with Gasteiger partial charge in [0.2, 0.25) is 0 Å². The van der Waals surface area contributed by atoms with E-state index in [2.05, 4.69) is 0 Å². The van der Waals surface area contributed by atoms with Crippen molar-refractivity contribution in [3.63, 3.8) is 0 Å². The molecule has 1 aliphatic heterocycles. The van der Waals surface area contributed by atoms with Crippen molar-refractivity contribution in [1.82, 2.24) is 4.90 Å². The zero-order valence-electron chi connectivity index (χ0n) is 15.8. The molecule has 1 fully saturated rings. The third kappa shape index (κ3) is 3.35. The van der Waals surface area contributed by atoms with E-state index in [1.165, 1.54) is 6.07 Å². The summed E-state index contributed by atoms with van der Waals surface area (Å²) in [6, 6.07) is 12.0. The Labute approximate surface area is 162 Å². The predicted octanol–water partition coefficient (Wildman–Crippen LogP) is 3.47. The molecule has 7 heteroatoms. The van der Waals surface area contributed by atoms with Gasteiger partial charge in [0.05, 0.1) is 10.3 Å². The van der Waals surface area contributed by atoms with E-state index in [9.17, 15) is 24.8 Å². The average Bonchev–Trinajstić information content (AvgIpc) is 2.68. The van der Waals surface area contributed by atoms with Crippen molar-refractivity contribution in [2.75, 3.05) is 13.1 Å². The maximum atomic E-state index is 13.0. The van der Waals surface area contributed by atoms with Crippen LogP contribution in [0, 0.1) is 24.0 Å². The molecule has 1 N–H and O–H groups in total. The highest BCUT2D eigenvalue weighted by Crippen LogP contribution is 2.36. The molecule has 3 rings (SSSR count). The largest absolute Gasteiger partial charge is 0.481 e. The third-order valence-electron chi connectivity index (χ3n) is 5.61. The van der Waals surface area contributed by atoms with Crippen LogP contribution in [0.5, 0.6) is 0 Å². The minimum atomic E-state index is -1.02. The van der Waals surface area contributed by atoms with Crippen LogP contribution in [0.25, 0.3) is 0 Å². The molecule has 2 aromatic carbocycles. The van der Waals surface area contributed by atoms with Gasteiger partial charge in [-0.1, -0.05) is 30.3 Å². The van der Waals surface area contributed by atoms with Gasteiger partial charge < -0.3 is 10.0 Å². The highest BCUT2D eigenvalue weighted by atomic mass is 16.6. The van der Waals surface area contributed by atoms with Crippen LogP contribution < -0.4 is 0 Å². The smallest absolute Gasteiger partial charge is 0.314 e. The highest BCUT2D eigenvalue weighted by molar-refractivity contribution is 5.97. The second-order valence-electron chi connectivity index (χ2n) is 7.26. The average molecular weight is 382 g/mol. The number of hydrogen-bond acceptors (Lipinski definition) is 4. The summed E-state index contributed by atoms with van der Waals surface area (Å²) in [6.45, 7) is 3.95. The summed E-state index contributed by atoms with van der Waals surface area (Å²) in [5.74, 6) is -1.19. The van der Waals surface area contributed by atoms with Crippen LogP contribution >= 0.6 is 0 Å². The summed E-state index contributed by atoms with van der Waals surface area (Å²) in [5.41, 5.74) is 1.09. The molecule has 0 bridgehead atoms. The van der Waals surface area contributed by atoms with Gasteiger partial charge in [-0.3, -0.25) is 19.7 Å². The lowest BCUT2D eigenvalue weighted by atomic mass is 9.72. The number of piperidine rings is 1. The zero-order chi connectivity index (χ0) is 20.5. The maximum Gasteiger partial charge on any atom is 0.314 e. The van der Waals surface area contributed by atoms with Crippen LogP contribution in [0.3, 0.4) is 0 Å². The Morgan fingerprint density at radius 2 is 1.68 bits per heavy atom. The number of carbonyl (C=O) groups excluding carboxylic acids is 1. The topological polar surface area (TPSA) is 101 Å². The molecule has 0 unspecified atom stereocenters. The first-order valence-electron chi connectivity index (χ1n) is 9.10. The summed E-state index contributed by atoms with van der Waals surface area (Å²) < 4.78 is 0. The first-order valence-corrected chi connectivity index (χ1v) is 9.10. The van der Waals surface area contributed by atoms with Crippen LogP contribution in [0.2, 0.25) is 0 Å². The summed E-state index contributed by atoms with van der Waals surface area (Å²) in [4.78, 5) is 37.3. The fraction of sp³-hybridized carbons (Fsp3) is 0.333. The van der Waals surface area contributed by atoms with E-state index in [4.69, 9.17) is 0 Å². The van der Waals surface area contributed by atoms with E-state index in [1.807, 2.05) is 18.2 Å². The van der Waals surface area contributed by atoms with Crippen molar-refractivity contribution in [3.8, 4) is 0 Å². The molecule has 1 amide bonds. The molecule has 0 saturated carbocycles. The Bertz CT molecular complexity index is 931. The van der Waals surface area contributed by atoms with Gasteiger partial charge in [0.15, 0.2) is 0 Å². The molecule has 0 radical (unpaired) electrons. The van der Waals surface area contributed by atoms with Gasteiger partial charge in [-0.15, -0.1) is 0 Å². The molecule has 1 heterocycles. The van der Waals surface area contributed by atoms with Gasteiger partial charge in [-0.05, 0) is 43.9 Å². The summed E-state index contributed by atoms with van der Waals surface area (Å²) in [7, 11) is 0. The quantitative estimate of drug-likeness (QED) is 0.644. The number of benzene rings is 2. The second-order valence-corrected chi connectivity index (χ2v) is 7.26. The van der Waals surface area contributed by atoms with Crippen LogP contribution in [-0.2, 0) is 10.2 Å². The molecule has 28 heavy (non-hydrogen) atoms. The number of carboxylic acids is 1. The molecule has 1 saturated heterocycles. The van der Waals surface area contributed by atoms with Crippen molar-refractivity contribution in [2.24, 2.45) is 0 Å². The zero-order valence-corrected chi connectivity index (χ0v) is 15.8. The van der Waals surface area contributed by atoms with E-state index in [0.717, 1.165) is 5.56 Å². The number of carboxylic acid groups (broad SMARTS) is 1. The molecular formula is C21H22N2O5. The number of aryl methyl sites for hydroxylation is 2. The van der Waals surface area contributed by atoms with Gasteiger partial charge in [0.1, 0.15) is 0 Å². The Hall–Kier alpha value is -3.22. The van der Waals surface area contributed by atoms with Gasteiger partial charge >= 0.3 is 5.97 Å². The number of nitro groups is 1. The van der Waals surface area contributed by atoms with Gasteiger partial charge in [-0.25, -0.2) is 0 Å². The van der Waals surface area contributed by atoms with Crippen molar-refractivity contribution in [2.45, 2.75) is 32.1 Å². The lowest BCUT2D eigenvalue weighted by Gasteiger charge is -2.39. The van der Waals surface area contributed by atoms with Crippen LogP contribution in [0.15, 0.2) is 42.5 Å². The standard InChI is InChI=1S/C21H22N2O5/c1-14-12-15(2)18(23(27)28)13-17(14)19(24)22-10-8-21(9-11-22,20(25)26)16-6-4-3-5-7-16/h3-7,12-13H,8-11H2,1-2H3,(H,25,26). The van der Waals surface area contributed by atoms with Crippen LogP contribution in [0.1, 0.15) is 39.9 Å². The first-order chi connectivity index (χ1) is 13.3. The fourth-order valence-corrected chi connectivity index (χ4v) is 3.91. The summed E-state index contributed by atoms with van der Waals surface area (Å²) in [6.07, 6.45) is 0.593. The lowest BCUT2D eigenvalue weighted by Crippen LogP contribution is -2.49. The molecule has 2 aromatic rings. The second kappa shape index (κ2) is 7.42. The lowest BCUT2D eigenvalue weighted by molar-refractivity contribution is -0.385. The number of nitro benzene ring substituents is 1. The number of hydrogen-bond donors (Lipinski definition) is 1. The molecule has 0 aromatic heterocycles. The Morgan fingerprint density at radius 1 is 1.07 bits per heavy atom. The molecule has 7 nitrogen and oxygen atoms in total. The van der Waals surface area contributed by atoms with E-state index in [-0.39, 0.29) is 24.7 Å². The number of likely N-dealkylation sites (tertiary alicyclic amines) is 1. The molecule has 0 aliphatic carbocycles. The van der Waals surface area contributed by atoms with Gasteiger partial charge in [-0.2, -0.15) is 0 Å².